The summed E-state index contributed by atoms with van der Waals surface area (Å²) in [6.45, 7) is 5.55. The molecule has 22 heavy (non-hydrogen) atoms. The predicted octanol–water partition coefficient (Wildman–Crippen LogP) is 1.75. The van der Waals surface area contributed by atoms with Gasteiger partial charge in [-0.1, -0.05) is 18.2 Å². The molecule has 2 heterocycles. The van der Waals surface area contributed by atoms with Crippen molar-refractivity contribution in [2.75, 3.05) is 19.6 Å². The van der Waals surface area contributed by atoms with Crippen molar-refractivity contribution >= 4 is 16.8 Å². The second kappa shape index (κ2) is 6.97. The summed E-state index contributed by atoms with van der Waals surface area (Å²) in [5.74, 6) is -0.00195. The number of H-pyrrole nitrogens is 1. The third kappa shape index (κ3) is 3.50. The van der Waals surface area contributed by atoms with Crippen molar-refractivity contribution < 1.29 is 9.69 Å². The minimum atomic E-state index is -0.00195. The molecule has 1 aliphatic heterocycles. The molecule has 3 rings (SSSR count). The average molecular weight is 300 g/mol. The van der Waals surface area contributed by atoms with E-state index < -0.39 is 0 Å². The van der Waals surface area contributed by atoms with Gasteiger partial charge in [-0.3, -0.25) is 4.79 Å². The summed E-state index contributed by atoms with van der Waals surface area (Å²) >= 11 is 0. The van der Waals surface area contributed by atoms with Crippen molar-refractivity contribution in [1.82, 2.24) is 10.3 Å². The molecule has 4 nitrogen and oxygen atoms in total. The van der Waals surface area contributed by atoms with Gasteiger partial charge in [0.2, 0.25) is 0 Å². The van der Waals surface area contributed by atoms with Gasteiger partial charge in [-0.25, -0.2) is 0 Å². The molecule has 2 aromatic rings. The van der Waals surface area contributed by atoms with Crippen molar-refractivity contribution in [1.29, 1.82) is 0 Å². The van der Waals surface area contributed by atoms with E-state index in [0.29, 0.717) is 5.69 Å². The second-order valence-electron chi connectivity index (χ2n) is 6.43. The lowest BCUT2D eigenvalue weighted by atomic mass is 10.0. The first-order valence-electron chi connectivity index (χ1n) is 8.44. The average Bonchev–Trinajstić information content (AvgIpc) is 2.97. The number of aromatic nitrogens is 1. The normalized spacial score (nSPS) is 21.9. The minimum Gasteiger partial charge on any atom is -0.351 e. The summed E-state index contributed by atoms with van der Waals surface area (Å²) in [6.07, 6.45) is 5.12. The SMILES string of the molecule is C[C@@H]1CCCC[NH+]1CCCNC(=O)c1cc2ccccc2[nH]1. The molecule has 3 N–H and O–H groups in total. The van der Waals surface area contributed by atoms with Gasteiger partial charge in [0.15, 0.2) is 0 Å². The Morgan fingerprint density at radius 1 is 1.36 bits per heavy atom. The Morgan fingerprint density at radius 3 is 3.05 bits per heavy atom. The zero-order valence-corrected chi connectivity index (χ0v) is 13.3. The number of carbonyl (C=O) groups is 1. The van der Waals surface area contributed by atoms with Crippen LogP contribution in [0, 0.1) is 0 Å². The second-order valence-corrected chi connectivity index (χ2v) is 6.43. The standard InChI is InChI=1S/C18H25N3O/c1-14-7-4-5-11-21(14)12-6-10-19-18(22)17-13-15-8-2-3-9-16(15)20-17/h2-3,8-9,13-14,20H,4-7,10-12H2,1H3,(H,19,22)/p+1/t14-/m1/s1. The highest BCUT2D eigenvalue weighted by atomic mass is 16.1. The fraction of sp³-hybridized carbons (Fsp3) is 0.500. The summed E-state index contributed by atoms with van der Waals surface area (Å²) in [5, 5.41) is 4.11. The highest BCUT2D eigenvalue weighted by Crippen LogP contribution is 2.14. The largest absolute Gasteiger partial charge is 0.351 e. The van der Waals surface area contributed by atoms with Gasteiger partial charge in [0.1, 0.15) is 5.69 Å². The van der Waals surface area contributed by atoms with Crippen LogP contribution < -0.4 is 10.2 Å². The molecule has 1 aliphatic rings. The van der Waals surface area contributed by atoms with E-state index in [2.05, 4.69) is 17.2 Å². The number of quaternary nitrogens is 1. The molecule has 1 amide bonds. The monoisotopic (exact) mass is 300 g/mol. The zero-order chi connectivity index (χ0) is 15.4. The summed E-state index contributed by atoms with van der Waals surface area (Å²) in [4.78, 5) is 17.1. The van der Waals surface area contributed by atoms with Crippen LogP contribution in [0.25, 0.3) is 10.9 Å². The smallest absolute Gasteiger partial charge is 0.267 e. The van der Waals surface area contributed by atoms with Crippen LogP contribution in [0.15, 0.2) is 30.3 Å². The summed E-state index contributed by atoms with van der Waals surface area (Å²) < 4.78 is 0. The van der Waals surface area contributed by atoms with Crippen LogP contribution in [0.5, 0.6) is 0 Å². The maximum atomic E-state index is 12.2. The highest BCUT2D eigenvalue weighted by molar-refractivity contribution is 5.97. The number of hydrogen-bond acceptors (Lipinski definition) is 1. The number of rotatable bonds is 5. The molecular weight excluding hydrogens is 274 g/mol. The number of likely N-dealkylation sites (tertiary alicyclic amines) is 1. The summed E-state index contributed by atoms with van der Waals surface area (Å²) in [5.41, 5.74) is 1.67. The Kier molecular flexibility index (Phi) is 4.78. The molecule has 4 heteroatoms. The molecule has 1 unspecified atom stereocenters. The molecule has 2 atom stereocenters. The molecule has 0 aliphatic carbocycles. The van der Waals surface area contributed by atoms with Crippen LogP contribution in [0.3, 0.4) is 0 Å². The van der Waals surface area contributed by atoms with Gasteiger partial charge in [0, 0.05) is 23.9 Å². The number of benzene rings is 1. The van der Waals surface area contributed by atoms with Gasteiger partial charge >= 0.3 is 0 Å². The molecule has 0 saturated carbocycles. The maximum absolute atomic E-state index is 12.2. The van der Waals surface area contributed by atoms with E-state index in [4.69, 9.17) is 0 Å². The van der Waals surface area contributed by atoms with E-state index in [1.807, 2.05) is 30.3 Å². The molecule has 0 radical (unpaired) electrons. The van der Waals surface area contributed by atoms with Gasteiger partial charge in [0.25, 0.3) is 5.91 Å². The lowest BCUT2D eigenvalue weighted by Crippen LogP contribution is -3.16. The molecule has 118 valence electrons. The van der Waals surface area contributed by atoms with Crippen molar-refractivity contribution in [2.24, 2.45) is 0 Å². The van der Waals surface area contributed by atoms with Crippen molar-refractivity contribution in [3.63, 3.8) is 0 Å². The number of piperidine rings is 1. The lowest BCUT2D eigenvalue weighted by Gasteiger charge is -2.30. The molecular formula is C18H26N3O+. The third-order valence-electron chi connectivity index (χ3n) is 4.82. The Bertz CT molecular complexity index is 601. The first-order chi connectivity index (χ1) is 10.7. The molecule has 1 aromatic carbocycles. The van der Waals surface area contributed by atoms with Crippen LogP contribution in [-0.2, 0) is 0 Å². The van der Waals surface area contributed by atoms with Crippen molar-refractivity contribution in [3.8, 4) is 0 Å². The maximum Gasteiger partial charge on any atom is 0.267 e. The van der Waals surface area contributed by atoms with E-state index >= 15 is 0 Å². The number of para-hydroxylation sites is 1. The van der Waals surface area contributed by atoms with Crippen LogP contribution in [0.1, 0.15) is 43.1 Å². The third-order valence-corrected chi connectivity index (χ3v) is 4.82. The van der Waals surface area contributed by atoms with E-state index in [9.17, 15) is 4.79 Å². The number of nitrogens with one attached hydrogen (secondary N) is 3. The van der Waals surface area contributed by atoms with Crippen molar-refractivity contribution in [3.05, 3.63) is 36.0 Å². The quantitative estimate of drug-likeness (QED) is 0.724. The molecule has 0 spiro atoms. The molecule has 0 bridgehead atoms. The predicted molar refractivity (Wildman–Crippen MR) is 89.3 cm³/mol. The number of hydrogen-bond donors (Lipinski definition) is 3. The van der Waals surface area contributed by atoms with E-state index in [-0.39, 0.29) is 5.91 Å². The first kappa shape index (κ1) is 15.1. The number of carbonyl (C=O) groups excluding carboxylic acids is 1. The molecule has 1 aromatic heterocycles. The molecule has 1 fully saturated rings. The lowest BCUT2D eigenvalue weighted by molar-refractivity contribution is -0.928. The molecule has 1 saturated heterocycles. The fourth-order valence-corrected chi connectivity index (χ4v) is 3.43. The van der Waals surface area contributed by atoms with Gasteiger partial charge in [-0.2, -0.15) is 0 Å². The van der Waals surface area contributed by atoms with Gasteiger partial charge in [-0.15, -0.1) is 0 Å². The van der Waals surface area contributed by atoms with Crippen LogP contribution >= 0.6 is 0 Å². The minimum absolute atomic E-state index is 0.00195. The Balaban J connectivity index is 1.46. The van der Waals surface area contributed by atoms with E-state index in [1.54, 1.807) is 4.90 Å². The van der Waals surface area contributed by atoms with Gasteiger partial charge in [0.05, 0.1) is 19.1 Å². The van der Waals surface area contributed by atoms with E-state index in [1.165, 1.54) is 25.8 Å². The summed E-state index contributed by atoms with van der Waals surface area (Å²) in [6, 6.07) is 10.7. The highest BCUT2D eigenvalue weighted by Gasteiger charge is 2.20. The fourth-order valence-electron chi connectivity index (χ4n) is 3.43. The van der Waals surface area contributed by atoms with Crippen LogP contribution in [-0.4, -0.2) is 36.6 Å². The summed E-state index contributed by atoms with van der Waals surface area (Å²) in [7, 11) is 0. The van der Waals surface area contributed by atoms with Gasteiger partial charge < -0.3 is 15.2 Å². The van der Waals surface area contributed by atoms with Crippen LogP contribution in [0.2, 0.25) is 0 Å². The Morgan fingerprint density at radius 2 is 2.23 bits per heavy atom. The number of fused-ring (bicyclic) bond motifs is 1. The van der Waals surface area contributed by atoms with E-state index in [0.717, 1.165) is 36.5 Å². The van der Waals surface area contributed by atoms with Gasteiger partial charge in [-0.05, 0) is 38.3 Å². The Labute approximate surface area is 131 Å². The number of aromatic amines is 1. The first-order valence-corrected chi connectivity index (χ1v) is 8.44. The number of amides is 1. The zero-order valence-electron chi connectivity index (χ0n) is 13.3. The topological polar surface area (TPSA) is 49.3 Å². The van der Waals surface area contributed by atoms with Crippen molar-refractivity contribution in [2.45, 2.75) is 38.6 Å². The van der Waals surface area contributed by atoms with Crippen LogP contribution in [0.4, 0.5) is 0 Å². The Hall–Kier alpha value is -1.81.